The summed E-state index contributed by atoms with van der Waals surface area (Å²) in [4.78, 5) is 15.7. The van der Waals surface area contributed by atoms with Crippen LogP contribution < -0.4 is 0 Å². The Hall–Kier alpha value is -2.69. The Morgan fingerprint density at radius 2 is 1.89 bits per heavy atom. The molecule has 0 fully saturated rings. The number of carbonyl (C=O) groups is 1. The van der Waals surface area contributed by atoms with Gasteiger partial charge in [0, 0.05) is 30.1 Å². The number of nitrogens with zero attached hydrogens (tertiary/aromatic N) is 3. The molecule has 0 aromatic carbocycles. The third-order valence-corrected chi connectivity index (χ3v) is 4.87. The van der Waals surface area contributed by atoms with E-state index in [4.69, 9.17) is 9.84 Å². The maximum absolute atomic E-state index is 11.6. The summed E-state index contributed by atoms with van der Waals surface area (Å²) in [6, 6.07) is 8.41. The average Bonchev–Trinajstić information content (AvgIpc) is 3.08. The van der Waals surface area contributed by atoms with Crippen LogP contribution in [0.1, 0.15) is 50.1 Å². The Kier molecular flexibility index (Phi) is 6.22. The Bertz CT molecular complexity index is 916. The maximum atomic E-state index is 11.6. The molecule has 3 rings (SSSR count). The van der Waals surface area contributed by atoms with Crippen LogP contribution in [0.15, 0.2) is 36.7 Å². The Labute approximate surface area is 160 Å². The van der Waals surface area contributed by atoms with Gasteiger partial charge in [0.25, 0.3) is 0 Å². The van der Waals surface area contributed by atoms with E-state index in [1.807, 2.05) is 19.3 Å². The summed E-state index contributed by atoms with van der Waals surface area (Å²) in [5, 5.41) is 4.85. The predicted octanol–water partition coefficient (Wildman–Crippen LogP) is 4.54. The number of hydrogen-bond donors (Lipinski definition) is 0. The lowest BCUT2D eigenvalue weighted by molar-refractivity contribution is -0.143. The monoisotopic (exact) mass is 365 g/mol. The van der Waals surface area contributed by atoms with Crippen molar-refractivity contribution < 1.29 is 9.53 Å². The van der Waals surface area contributed by atoms with Gasteiger partial charge in [-0.25, -0.2) is 4.52 Å². The Morgan fingerprint density at radius 3 is 2.59 bits per heavy atom. The minimum absolute atomic E-state index is 0.115. The SMILES string of the molecule is CCOC(=O)CCCCc1c(C)nn2c(CC)ccc2c1-c1ccncc1. The van der Waals surface area contributed by atoms with Gasteiger partial charge >= 0.3 is 5.97 Å². The van der Waals surface area contributed by atoms with Gasteiger partial charge in [0.1, 0.15) is 0 Å². The molecular weight excluding hydrogens is 338 g/mol. The van der Waals surface area contributed by atoms with E-state index in [9.17, 15) is 4.79 Å². The van der Waals surface area contributed by atoms with Crippen molar-refractivity contribution in [2.24, 2.45) is 0 Å². The predicted molar refractivity (Wildman–Crippen MR) is 107 cm³/mol. The second kappa shape index (κ2) is 8.80. The molecule has 0 atom stereocenters. The minimum Gasteiger partial charge on any atom is -0.466 e. The number of fused-ring (bicyclic) bond motifs is 1. The van der Waals surface area contributed by atoms with E-state index in [0.717, 1.165) is 42.5 Å². The van der Waals surface area contributed by atoms with E-state index in [2.05, 4.69) is 47.6 Å². The van der Waals surface area contributed by atoms with Crippen molar-refractivity contribution >= 4 is 11.5 Å². The second-order valence-electron chi connectivity index (χ2n) is 6.66. The zero-order chi connectivity index (χ0) is 19.2. The zero-order valence-electron chi connectivity index (χ0n) is 16.4. The highest BCUT2D eigenvalue weighted by Gasteiger charge is 2.16. The van der Waals surface area contributed by atoms with Crippen molar-refractivity contribution in [2.45, 2.75) is 52.9 Å². The minimum atomic E-state index is -0.115. The standard InChI is InChI=1S/C22H27N3O2/c1-4-18-10-11-20-22(17-12-14-23-15-13-17)19(16(3)24-25(18)20)8-6-7-9-21(26)27-5-2/h10-15H,4-9H2,1-3H3. The summed E-state index contributed by atoms with van der Waals surface area (Å²) in [7, 11) is 0. The molecule has 142 valence electrons. The van der Waals surface area contributed by atoms with E-state index >= 15 is 0 Å². The normalized spacial score (nSPS) is 11.1. The first-order valence-electron chi connectivity index (χ1n) is 9.71. The van der Waals surface area contributed by atoms with Gasteiger partial charge < -0.3 is 4.74 Å². The van der Waals surface area contributed by atoms with Crippen LogP contribution in [0.3, 0.4) is 0 Å². The molecule has 5 heteroatoms. The summed E-state index contributed by atoms with van der Waals surface area (Å²) >= 11 is 0. The lowest BCUT2D eigenvalue weighted by Crippen LogP contribution is -2.07. The van der Waals surface area contributed by atoms with E-state index in [-0.39, 0.29) is 5.97 Å². The molecular formula is C22H27N3O2. The average molecular weight is 365 g/mol. The van der Waals surface area contributed by atoms with Crippen LogP contribution in [0.2, 0.25) is 0 Å². The molecule has 0 aliphatic heterocycles. The van der Waals surface area contributed by atoms with E-state index in [1.54, 1.807) is 0 Å². The van der Waals surface area contributed by atoms with Crippen LogP contribution in [0.25, 0.3) is 16.6 Å². The van der Waals surface area contributed by atoms with Crippen molar-refractivity contribution in [1.82, 2.24) is 14.6 Å². The summed E-state index contributed by atoms with van der Waals surface area (Å²) in [6.45, 7) is 6.50. The molecule has 5 nitrogen and oxygen atoms in total. The van der Waals surface area contributed by atoms with Crippen molar-refractivity contribution in [3.8, 4) is 11.1 Å². The number of rotatable bonds is 8. The van der Waals surface area contributed by atoms with Crippen LogP contribution in [0, 0.1) is 6.92 Å². The highest BCUT2D eigenvalue weighted by atomic mass is 16.5. The molecule has 0 bridgehead atoms. The fourth-order valence-corrected chi connectivity index (χ4v) is 3.54. The summed E-state index contributed by atoms with van der Waals surface area (Å²) in [6.07, 6.45) is 7.70. The molecule has 0 radical (unpaired) electrons. The lowest BCUT2D eigenvalue weighted by atomic mass is 9.95. The van der Waals surface area contributed by atoms with E-state index in [1.165, 1.54) is 16.8 Å². The number of pyridine rings is 1. The van der Waals surface area contributed by atoms with Crippen molar-refractivity contribution in [3.63, 3.8) is 0 Å². The number of carbonyl (C=O) groups excluding carboxylic acids is 1. The van der Waals surface area contributed by atoms with Crippen LogP contribution in [-0.2, 0) is 22.4 Å². The van der Waals surface area contributed by atoms with Gasteiger partial charge in [-0.2, -0.15) is 5.10 Å². The van der Waals surface area contributed by atoms with Crippen molar-refractivity contribution in [3.05, 3.63) is 53.6 Å². The number of aromatic nitrogens is 3. The fourth-order valence-electron chi connectivity index (χ4n) is 3.54. The van der Waals surface area contributed by atoms with Gasteiger partial charge in [0.15, 0.2) is 0 Å². The Morgan fingerprint density at radius 1 is 1.11 bits per heavy atom. The number of aryl methyl sites for hydroxylation is 2. The first kappa shape index (κ1) is 19.1. The van der Waals surface area contributed by atoms with Crippen LogP contribution in [0.4, 0.5) is 0 Å². The molecule has 0 N–H and O–H groups in total. The number of ether oxygens (including phenoxy) is 1. The molecule has 0 saturated heterocycles. The molecule has 3 aromatic rings. The van der Waals surface area contributed by atoms with E-state index < -0.39 is 0 Å². The molecule has 0 amide bonds. The fraction of sp³-hybridized carbons (Fsp3) is 0.409. The van der Waals surface area contributed by atoms with Gasteiger partial charge in [0.2, 0.25) is 0 Å². The smallest absolute Gasteiger partial charge is 0.305 e. The lowest BCUT2D eigenvalue weighted by Gasteiger charge is -2.15. The number of unbranched alkanes of at least 4 members (excludes halogenated alkanes) is 1. The molecule has 0 aliphatic carbocycles. The molecule has 0 spiro atoms. The molecule has 3 aromatic heterocycles. The van der Waals surface area contributed by atoms with Crippen molar-refractivity contribution in [1.29, 1.82) is 0 Å². The van der Waals surface area contributed by atoms with Crippen LogP contribution >= 0.6 is 0 Å². The molecule has 0 aliphatic rings. The van der Waals surface area contributed by atoms with Gasteiger partial charge in [-0.3, -0.25) is 9.78 Å². The van der Waals surface area contributed by atoms with Crippen molar-refractivity contribution in [2.75, 3.05) is 6.61 Å². The largest absolute Gasteiger partial charge is 0.466 e. The maximum Gasteiger partial charge on any atom is 0.305 e. The molecule has 0 unspecified atom stereocenters. The highest BCUT2D eigenvalue weighted by molar-refractivity contribution is 5.83. The first-order valence-corrected chi connectivity index (χ1v) is 9.71. The Balaban J connectivity index is 1.94. The molecule has 3 heterocycles. The number of hydrogen-bond acceptors (Lipinski definition) is 4. The third kappa shape index (κ3) is 4.18. The highest BCUT2D eigenvalue weighted by Crippen LogP contribution is 2.32. The summed E-state index contributed by atoms with van der Waals surface area (Å²) < 4.78 is 7.08. The summed E-state index contributed by atoms with van der Waals surface area (Å²) in [5.74, 6) is -0.115. The molecule has 27 heavy (non-hydrogen) atoms. The van der Waals surface area contributed by atoms with E-state index in [0.29, 0.717) is 13.0 Å². The third-order valence-electron chi connectivity index (χ3n) is 4.87. The van der Waals surface area contributed by atoms with Gasteiger partial charge in [-0.15, -0.1) is 0 Å². The summed E-state index contributed by atoms with van der Waals surface area (Å²) in [5.41, 5.74) is 7.00. The second-order valence-corrected chi connectivity index (χ2v) is 6.66. The van der Waals surface area contributed by atoms with Gasteiger partial charge in [-0.05, 0) is 74.9 Å². The van der Waals surface area contributed by atoms with Crippen LogP contribution in [0.5, 0.6) is 0 Å². The topological polar surface area (TPSA) is 56.5 Å². The zero-order valence-corrected chi connectivity index (χ0v) is 16.4. The first-order chi connectivity index (χ1) is 13.2. The van der Waals surface area contributed by atoms with Crippen LogP contribution in [-0.4, -0.2) is 27.2 Å². The van der Waals surface area contributed by atoms with Gasteiger partial charge in [-0.1, -0.05) is 6.92 Å². The number of esters is 1. The quantitative estimate of drug-likeness (QED) is 0.434. The molecule has 0 saturated carbocycles. The van der Waals surface area contributed by atoms with Gasteiger partial charge in [0.05, 0.1) is 17.8 Å².